The van der Waals surface area contributed by atoms with E-state index in [9.17, 15) is 22.8 Å². The second-order valence-electron chi connectivity index (χ2n) is 9.78. The molecule has 3 amide bonds. The minimum atomic E-state index is -4.38. The molecule has 10 heteroatoms. The van der Waals surface area contributed by atoms with Gasteiger partial charge >= 0.3 is 12.2 Å². The van der Waals surface area contributed by atoms with Crippen LogP contribution in [0.25, 0.3) is 0 Å². The third-order valence-corrected chi connectivity index (χ3v) is 7.34. The van der Waals surface area contributed by atoms with E-state index in [-0.39, 0.29) is 34.5 Å². The third-order valence-electron chi connectivity index (χ3n) is 7.34. The van der Waals surface area contributed by atoms with E-state index in [1.807, 2.05) is 4.90 Å². The van der Waals surface area contributed by atoms with Crippen LogP contribution >= 0.6 is 0 Å². The quantitative estimate of drug-likeness (QED) is 0.790. The van der Waals surface area contributed by atoms with Gasteiger partial charge in [-0.3, -0.25) is 9.48 Å². The van der Waals surface area contributed by atoms with Crippen molar-refractivity contribution >= 4 is 11.9 Å². The summed E-state index contributed by atoms with van der Waals surface area (Å²) in [6.45, 7) is 2.50. The topological polar surface area (TPSA) is 70.5 Å². The Kier molecular flexibility index (Phi) is 4.18. The van der Waals surface area contributed by atoms with Gasteiger partial charge in [-0.2, -0.15) is 18.3 Å². The minimum absolute atomic E-state index is 0.0144. The molecular formula is C20H26F3N5O2. The van der Waals surface area contributed by atoms with Gasteiger partial charge in [0.15, 0.2) is 0 Å². The molecule has 7 nitrogen and oxygen atoms in total. The largest absolute Gasteiger partial charge is 0.419 e. The average molecular weight is 425 g/mol. The van der Waals surface area contributed by atoms with Crippen molar-refractivity contribution in [3.8, 4) is 0 Å². The number of hydrogen-bond donors (Lipinski definition) is 1. The molecule has 4 fully saturated rings. The molecule has 3 saturated heterocycles. The van der Waals surface area contributed by atoms with Crippen LogP contribution in [0, 0.1) is 11.3 Å². The summed E-state index contributed by atoms with van der Waals surface area (Å²) >= 11 is 0. The molecule has 1 N–H and O–H groups in total. The van der Waals surface area contributed by atoms with Crippen molar-refractivity contribution in [1.29, 1.82) is 0 Å². The fourth-order valence-electron chi connectivity index (χ4n) is 5.95. The number of nitrogens with one attached hydrogen (secondary N) is 1. The Morgan fingerprint density at radius 1 is 1.23 bits per heavy atom. The predicted octanol–water partition coefficient (Wildman–Crippen LogP) is 2.17. The van der Waals surface area contributed by atoms with Crippen LogP contribution in [0.1, 0.15) is 43.4 Å². The molecule has 164 valence electrons. The first kappa shape index (κ1) is 19.7. The Bertz CT molecular complexity index is 875. The second kappa shape index (κ2) is 6.37. The highest BCUT2D eigenvalue weighted by molar-refractivity contribution is 5.80. The van der Waals surface area contributed by atoms with E-state index < -0.39 is 11.7 Å². The zero-order valence-electron chi connectivity index (χ0n) is 17.0. The molecule has 0 unspecified atom stereocenters. The van der Waals surface area contributed by atoms with Gasteiger partial charge in [0.1, 0.15) is 0 Å². The number of aromatic nitrogens is 2. The van der Waals surface area contributed by atoms with Crippen LogP contribution in [0.3, 0.4) is 0 Å². The van der Waals surface area contributed by atoms with E-state index in [1.165, 1.54) is 4.68 Å². The standard InChI is InChI=1S/C20H26F3N5O2/c1-26-15(14(8-24-26)20(21,22)23)5-13-6-18(7-13)9-27(10-18)17(30)28-11-19(12-28)4-2-3-16(29)25-19/h8,13H,2-7,9-12H2,1H3,(H,25,29). The van der Waals surface area contributed by atoms with E-state index in [0.717, 1.165) is 31.9 Å². The van der Waals surface area contributed by atoms with Crippen LogP contribution in [-0.2, 0) is 24.4 Å². The monoisotopic (exact) mass is 425 g/mol. The zero-order chi connectivity index (χ0) is 21.3. The average Bonchev–Trinajstić information content (AvgIpc) is 2.93. The van der Waals surface area contributed by atoms with Crippen LogP contribution in [-0.4, -0.2) is 63.2 Å². The first-order valence-corrected chi connectivity index (χ1v) is 10.5. The van der Waals surface area contributed by atoms with E-state index in [2.05, 4.69) is 10.4 Å². The number of amides is 3. The second-order valence-corrected chi connectivity index (χ2v) is 9.78. The Labute approximate surface area is 172 Å². The first-order chi connectivity index (χ1) is 14.1. The molecule has 1 saturated carbocycles. The van der Waals surface area contributed by atoms with E-state index in [4.69, 9.17) is 0 Å². The molecule has 4 heterocycles. The Balaban J connectivity index is 1.10. The van der Waals surface area contributed by atoms with Crippen LogP contribution in [0.4, 0.5) is 18.0 Å². The molecule has 2 spiro atoms. The number of carbonyl (C=O) groups excluding carboxylic acids is 2. The van der Waals surface area contributed by atoms with Crippen molar-refractivity contribution < 1.29 is 22.8 Å². The highest BCUT2D eigenvalue weighted by atomic mass is 19.4. The van der Waals surface area contributed by atoms with Gasteiger partial charge in [0.05, 0.1) is 23.0 Å². The molecule has 5 rings (SSSR count). The lowest BCUT2D eigenvalue weighted by atomic mass is 9.56. The minimum Gasteiger partial charge on any atom is -0.347 e. The van der Waals surface area contributed by atoms with Crippen LogP contribution in [0.5, 0.6) is 0 Å². The summed E-state index contributed by atoms with van der Waals surface area (Å²) in [5.41, 5.74) is -0.555. The molecular weight excluding hydrogens is 399 g/mol. The van der Waals surface area contributed by atoms with Crippen molar-refractivity contribution in [2.75, 3.05) is 26.2 Å². The molecule has 0 atom stereocenters. The van der Waals surface area contributed by atoms with E-state index >= 15 is 0 Å². The maximum atomic E-state index is 13.1. The van der Waals surface area contributed by atoms with Gasteiger partial charge in [-0.05, 0) is 38.0 Å². The van der Waals surface area contributed by atoms with Gasteiger partial charge in [-0.1, -0.05) is 0 Å². The number of hydrogen-bond acceptors (Lipinski definition) is 3. The Morgan fingerprint density at radius 3 is 2.53 bits per heavy atom. The third kappa shape index (κ3) is 3.15. The van der Waals surface area contributed by atoms with Crippen molar-refractivity contribution in [2.45, 2.75) is 50.2 Å². The van der Waals surface area contributed by atoms with Crippen LogP contribution in [0.2, 0.25) is 0 Å². The highest BCUT2D eigenvalue weighted by Crippen LogP contribution is 2.53. The number of alkyl halides is 3. The van der Waals surface area contributed by atoms with Crippen molar-refractivity contribution in [3.63, 3.8) is 0 Å². The van der Waals surface area contributed by atoms with Gasteiger partial charge in [0.2, 0.25) is 5.91 Å². The number of carbonyl (C=O) groups is 2. The summed E-state index contributed by atoms with van der Waals surface area (Å²) < 4.78 is 40.8. The van der Waals surface area contributed by atoms with Crippen LogP contribution < -0.4 is 5.32 Å². The van der Waals surface area contributed by atoms with Crippen LogP contribution in [0.15, 0.2) is 6.20 Å². The summed E-state index contributed by atoms with van der Waals surface area (Å²) in [7, 11) is 1.55. The van der Waals surface area contributed by atoms with Gasteiger partial charge in [0, 0.05) is 45.1 Å². The molecule has 0 radical (unpaired) electrons. The van der Waals surface area contributed by atoms with E-state index in [1.54, 1.807) is 11.9 Å². The summed E-state index contributed by atoms with van der Waals surface area (Å²) in [4.78, 5) is 27.9. The Hall–Kier alpha value is -2.26. The maximum Gasteiger partial charge on any atom is 0.419 e. The molecule has 3 aliphatic heterocycles. The lowest BCUT2D eigenvalue weighted by Crippen LogP contribution is -2.75. The number of halogens is 3. The zero-order valence-corrected chi connectivity index (χ0v) is 17.0. The summed E-state index contributed by atoms with van der Waals surface area (Å²) in [5, 5.41) is 6.82. The highest BCUT2D eigenvalue weighted by Gasteiger charge is 2.56. The smallest absolute Gasteiger partial charge is 0.347 e. The van der Waals surface area contributed by atoms with Crippen molar-refractivity contribution in [2.24, 2.45) is 18.4 Å². The molecule has 0 aromatic carbocycles. The maximum absolute atomic E-state index is 13.1. The fraction of sp³-hybridized carbons (Fsp3) is 0.750. The molecule has 1 aromatic rings. The number of likely N-dealkylation sites (tertiary alicyclic amines) is 2. The number of aryl methyl sites for hydroxylation is 1. The van der Waals surface area contributed by atoms with E-state index in [0.29, 0.717) is 39.0 Å². The number of piperidine rings is 1. The van der Waals surface area contributed by atoms with Gasteiger partial charge in [-0.25, -0.2) is 4.79 Å². The summed E-state index contributed by atoms with van der Waals surface area (Å²) in [5.74, 6) is 0.266. The number of rotatable bonds is 2. The van der Waals surface area contributed by atoms with Gasteiger partial charge < -0.3 is 15.1 Å². The number of nitrogens with zero attached hydrogens (tertiary/aromatic N) is 4. The molecule has 1 aliphatic carbocycles. The van der Waals surface area contributed by atoms with Crippen molar-refractivity contribution in [1.82, 2.24) is 24.9 Å². The predicted molar refractivity (Wildman–Crippen MR) is 100 cm³/mol. The number of urea groups is 1. The normalized spacial score (nSPS) is 25.0. The summed E-state index contributed by atoms with van der Waals surface area (Å²) in [6, 6.07) is 0.0144. The fourth-order valence-corrected chi connectivity index (χ4v) is 5.95. The van der Waals surface area contributed by atoms with Gasteiger partial charge in [-0.15, -0.1) is 0 Å². The first-order valence-electron chi connectivity index (χ1n) is 10.5. The lowest BCUT2D eigenvalue weighted by Gasteiger charge is -2.61. The van der Waals surface area contributed by atoms with Gasteiger partial charge in [0.25, 0.3) is 0 Å². The lowest BCUT2D eigenvalue weighted by molar-refractivity contribution is -0.138. The molecule has 0 bridgehead atoms. The summed E-state index contributed by atoms with van der Waals surface area (Å²) in [6.07, 6.45) is 0.943. The molecule has 1 aromatic heterocycles. The Morgan fingerprint density at radius 2 is 1.90 bits per heavy atom. The SMILES string of the molecule is Cn1ncc(C(F)(F)F)c1CC1CC2(C1)CN(C(=O)N1CC3(CCCC(=O)N3)C1)C2. The van der Waals surface area contributed by atoms with Crippen molar-refractivity contribution in [3.05, 3.63) is 17.5 Å². The molecule has 4 aliphatic rings. The molecule has 30 heavy (non-hydrogen) atoms.